The summed E-state index contributed by atoms with van der Waals surface area (Å²) in [5, 5.41) is 10.6. The van der Waals surface area contributed by atoms with Crippen LogP contribution < -0.4 is 10.6 Å². The zero-order chi connectivity index (χ0) is 13.0. The maximum atomic E-state index is 9.53. The third kappa shape index (κ3) is 2.87. The van der Waals surface area contributed by atoms with Crippen molar-refractivity contribution >= 4 is 11.6 Å². The normalized spacial score (nSPS) is 20.6. The van der Waals surface area contributed by atoms with Gasteiger partial charge in [-0.25, -0.2) is 0 Å². The average Bonchev–Trinajstić information content (AvgIpc) is 2.57. The maximum absolute atomic E-state index is 9.53. The van der Waals surface area contributed by atoms with Gasteiger partial charge in [-0.3, -0.25) is 0 Å². The number of aromatic hydroxyl groups is 1. The molecule has 18 heavy (non-hydrogen) atoms. The number of allylic oxidation sites excluding steroid dienone is 1. The zero-order valence-corrected chi connectivity index (χ0v) is 11.1. The van der Waals surface area contributed by atoms with Crippen molar-refractivity contribution in [2.45, 2.75) is 45.4 Å². The number of furan rings is 1. The van der Waals surface area contributed by atoms with Crippen LogP contribution in [0.1, 0.15) is 45.4 Å². The van der Waals surface area contributed by atoms with Crippen molar-refractivity contribution in [1.82, 2.24) is 0 Å². The maximum Gasteiger partial charge on any atom is 0.282 e. The van der Waals surface area contributed by atoms with Crippen LogP contribution in [-0.2, 0) is 0 Å². The summed E-state index contributed by atoms with van der Waals surface area (Å²) in [4.78, 5) is 0. The molecular weight excluding hydrogens is 224 g/mol. The predicted molar refractivity (Wildman–Crippen MR) is 74.6 cm³/mol. The van der Waals surface area contributed by atoms with E-state index in [4.69, 9.17) is 4.42 Å². The number of hydrogen-bond donors (Lipinski definition) is 1. The highest BCUT2D eigenvalue weighted by molar-refractivity contribution is 5.47. The van der Waals surface area contributed by atoms with Crippen molar-refractivity contribution < 1.29 is 9.52 Å². The lowest BCUT2D eigenvalue weighted by Crippen LogP contribution is -2.24. The van der Waals surface area contributed by atoms with E-state index in [1.165, 1.54) is 44.1 Å². The van der Waals surface area contributed by atoms with Crippen molar-refractivity contribution in [1.29, 1.82) is 0 Å². The lowest BCUT2D eigenvalue weighted by molar-refractivity contribution is 0.322. The van der Waals surface area contributed by atoms with E-state index in [1.54, 1.807) is 12.1 Å². The van der Waals surface area contributed by atoms with Crippen LogP contribution in [0.15, 0.2) is 23.1 Å². The fraction of sp³-hybridized carbons (Fsp3) is 0.500. The molecule has 1 heterocycles. The highest BCUT2D eigenvalue weighted by Crippen LogP contribution is 2.28. The minimum atomic E-state index is -0.00827. The molecule has 1 saturated carbocycles. The second-order valence-corrected chi connectivity index (χ2v) is 5.14. The van der Waals surface area contributed by atoms with E-state index in [0.29, 0.717) is 5.92 Å². The van der Waals surface area contributed by atoms with Crippen LogP contribution in [-0.4, -0.2) is 5.11 Å². The van der Waals surface area contributed by atoms with Crippen molar-refractivity contribution in [2.75, 3.05) is 0 Å². The van der Waals surface area contributed by atoms with Crippen LogP contribution in [0.3, 0.4) is 0 Å². The van der Waals surface area contributed by atoms with Gasteiger partial charge >= 0.3 is 0 Å². The molecule has 0 aliphatic heterocycles. The standard InChI is InChI=1S/C16H22O2/c1-3-8-15-14(11-16(17)18-15)12(2)13-9-6-4-5-7-10-13/h3,8,11,13,17H,1,4-7,9-10H2,2H3/b14-12+,15-8+. The first-order valence-corrected chi connectivity index (χ1v) is 6.84. The Kier molecular flexibility index (Phi) is 4.29. The van der Waals surface area contributed by atoms with E-state index in [-0.39, 0.29) is 5.95 Å². The van der Waals surface area contributed by atoms with E-state index in [9.17, 15) is 5.11 Å². The van der Waals surface area contributed by atoms with E-state index in [2.05, 4.69) is 13.5 Å². The van der Waals surface area contributed by atoms with Crippen LogP contribution in [0.5, 0.6) is 5.95 Å². The molecule has 0 saturated heterocycles. The van der Waals surface area contributed by atoms with Gasteiger partial charge in [0.25, 0.3) is 5.95 Å². The molecule has 1 fully saturated rings. The Morgan fingerprint density at radius 2 is 2.00 bits per heavy atom. The van der Waals surface area contributed by atoms with Crippen molar-refractivity contribution in [3.63, 3.8) is 0 Å². The quantitative estimate of drug-likeness (QED) is 0.813. The Hall–Kier alpha value is -1.44. The first-order chi connectivity index (χ1) is 8.72. The molecule has 1 aromatic heterocycles. The molecule has 0 radical (unpaired) electrons. The molecular formula is C16H22O2. The largest absolute Gasteiger partial charge is 0.481 e. The molecule has 1 aliphatic carbocycles. The molecule has 0 atom stereocenters. The van der Waals surface area contributed by atoms with Gasteiger partial charge in [0.1, 0.15) is 5.42 Å². The van der Waals surface area contributed by atoms with Crippen LogP contribution in [0.2, 0.25) is 0 Å². The van der Waals surface area contributed by atoms with Gasteiger partial charge in [0.2, 0.25) is 0 Å². The molecule has 1 aromatic rings. The fourth-order valence-corrected chi connectivity index (χ4v) is 2.86. The first kappa shape index (κ1) is 13.0. The van der Waals surface area contributed by atoms with Gasteiger partial charge in [-0.05, 0) is 31.8 Å². The van der Waals surface area contributed by atoms with Gasteiger partial charge < -0.3 is 9.52 Å². The first-order valence-electron chi connectivity index (χ1n) is 6.84. The Balaban J connectivity index is 2.45. The van der Waals surface area contributed by atoms with Gasteiger partial charge in [-0.1, -0.05) is 43.9 Å². The molecule has 1 N–H and O–H groups in total. The molecule has 0 aromatic carbocycles. The topological polar surface area (TPSA) is 33.4 Å². The highest BCUT2D eigenvalue weighted by Gasteiger charge is 2.15. The summed E-state index contributed by atoms with van der Waals surface area (Å²) in [5.41, 5.74) is 2.07. The third-order valence-electron chi connectivity index (χ3n) is 3.91. The average molecular weight is 246 g/mol. The van der Waals surface area contributed by atoms with Crippen molar-refractivity contribution in [3.05, 3.63) is 29.4 Å². The Morgan fingerprint density at radius 3 is 2.61 bits per heavy atom. The number of rotatable bonds is 2. The summed E-state index contributed by atoms with van der Waals surface area (Å²) in [6.07, 6.45) is 11.4. The predicted octanol–water partition coefficient (Wildman–Crippen LogP) is 3.09. The van der Waals surface area contributed by atoms with Crippen molar-refractivity contribution in [3.8, 4) is 5.95 Å². The van der Waals surface area contributed by atoms with E-state index in [0.717, 1.165) is 10.6 Å². The van der Waals surface area contributed by atoms with Gasteiger partial charge in [-0.15, -0.1) is 0 Å². The minimum absolute atomic E-state index is 0.00827. The lowest BCUT2D eigenvalue weighted by Gasteiger charge is -2.14. The second kappa shape index (κ2) is 5.94. The van der Waals surface area contributed by atoms with Gasteiger partial charge in [0, 0.05) is 11.3 Å². The zero-order valence-electron chi connectivity index (χ0n) is 11.1. The monoisotopic (exact) mass is 246 g/mol. The molecule has 2 heteroatoms. The minimum Gasteiger partial charge on any atom is -0.481 e. The Labute approximate surface area is 108 Å². The third-order valence-corrected chi connectivity index (χ3v) is 3.91. The smallest absolute Gasteiger partial charge is 0.282 e. The molecule has 0 bridgehead atoms. The van der Waals surface area contributed by atoms with Crippen LogP contribution in [0.25, 0.3) is 11.6 Å². The Bertz CT molecular complexity index is 514. The summed E-state index contributed by atoms with van der Waals surface area (Å²) < 4.78 is 5.31. The summed E-state index contributed by atoms with van der Waals surface area (Å²) >= 11 is 0. The summed E-state index contributed by atoms with van der Waals surface area (Å²) in [6.45, 7) is 5.85. The molecule has 2 rings (SSSR count). The van der Waals surface area contributed by atoms with E-state index in [1.807, 2.05) is 6.08 Å². The molecule has 2 nitrogen and oxygen atoms in total. The SMILES string of the molecule is C=C/C=c1/oc(O)c/c1=C(/C)C1CCCCCC1. The van der Waals surface area contributed by atoms with Crippen LogP contribution in [0, 0.1) is 5.92 Å². The van der Waals surface area contributed by atoms with Gasteiger partial charge in [0.15, 0.2) is 0 Å². The summed E-state index contributed by atoms with van der Waals surface area (Å²) in [6, 6.07) is 1.73. The molecule has 0 unspecified atom stereocenters. The Morgan fingerprint density at radius 1 is 1.33 bits per heavy atom. The molecule has 98 valence electrons. The van der Waals surface area contributed by atoms with Gasteiger partial charge in [0.05, 0.1) is 0 Å². The highest BCUT2D eigenvalue weighted by atomic mass is 16.5. The lowest BCUT2D eigenvalue weighted by atomic mass is 9.91. The van der Waals surface area contributed by atoms with Gasteiger partial charge in [-0.2, -0.15) is 0 Å². The number of hydrogen-bond acceptors (Lipinski definition) is 2. The molecule has 1 aliphatic rings. The van der Waals surface area contributed by atoms with E-state index < -0.39 is 0 Å². The van der Waals surface area contributed by atoms with Crippen LogP contribution >= 0.6 is 0 Å². The van der Waals surface area contributed by atoms with Crippen LogP contribution in [0.4, 0.5) is 0 Å². The molecule has 0 amide bonds. The fourth-order valence-electron chi connectivity index (χ4n) is 2.86. The van der Waals surface area contributed by atoms with Crippen molar-refractivity contribution in [2.24, 2.45) is 5.92 Å². The van der Waals surface area contributed by atoms with E-state index >= 15 is 0 Å². The molecule has 0 spiro atoms. The second-order valence-electron chi connectivity index (χ2n) is 5.14. The summed E-state index contributed by atoms with van der Waals surface area (Å²) in [7, 11) is 0. The summed E-state index contributed by atoms with van der Waals surface area (Å²) in [5.74, 6) is 0.618.